The number of likely N-dealkylation sites (tertiary alicyclic amines) is 1. The van der Waals surface area contributed by atoms with Crippen LogP contribution in [-0.2, 0) is 4.79 Å². The molecule has 1 saturated heterocycles. The van der Waals surface area contributed by atoms with Gasteiger partial charge in [-0.1, -0.05) is 20.8 Å². The Morgan fingerprint density at radius 1 is 1.04 bits per heavy atom. The summed E-state index contributed by atoms with van der Waals surface area (Å²) in [6.45, 7) is 10.6. The molecule has 1 aliphatic heterocycles. The van der Waals surface area contributed by atoms with Gasteiger partial charge in [0.25, 0.3) is 0 Å². The molecule has 150 valence electrons. The fourth-order valence-electron chi connectivity index (χ4n) is 8.61. The lowest BCUT2D eigenvalue weighted by atomic mass is 9.46. The van der Waals surface area contributed by atoms with E-state index in [4.69, 9.17) is 0 Å². The van der Waals surface area contributed by atoms with Gasteiger partial charge in [-0.2, -0.15) is 12.6 Å². The van der Waals surface area contributed by atoms with Crippen molar-refractivity contribution >= 4 is 18.4 Å². The molecule has 0 aromatic heterocycles. The summed E-state index contributed by atoms with van der Waals surface area (Å²) in [4.78, 5) is 15.1. The van der Waals surface area contributed by atoms with E-state index in [1.54, 1.807) is 6.26 Å². The van der Waals surface area contributed by atoms with Crippen molar-refractivity contribution in [2.24, 2.45) is 40.4 Å². The summed E-state index contributed by atoms with van der Waals surface area (Å²) >= 11 is 3.53. The largest absolute Gasteiger partial charge is 0.303 e. The first-order chi connectivity index (χ1) is 12.3. The van der Waals surface area contributed by atoms with Crippen molar-refractivity contribution in [3.63, 3.8) is 0 Å². The molecule has 4 aliphatic rings. The van der Waals surface area contributed by atoms with Gasteiger partial charge in [-0.15, -0.1) is 0 Å². The van der Waals surface area contributed by atoms with E-state index in [9.17, 15) is 4.79 Å². The van der Waals surface area contributed by atoms with Crippen molar-refractivity contribution in [3.8, 4) is 0 Å². The third-order valence-corrected chi connectivity index (χ3v) is 9.36. The number of piperidine rings is 1. The normalized spacial score (nSPS) is 50.7. The van der Waals surface area contributed by atoms with E-state index in [-0.39, 0.29) is 5.41 Å². The van der Waals surface area contributed by atoms with Gasteiger partial charge in [0, 0.05) is 12.0 Å². The molecule has 3 heteroatoms. The van der Waals surface area contributed by atoms with E-state index in [1.807, 2.05) is 6.92 Å². The molecule has 0 amide bonds. The van der Waals surface area contributed by atoms with Crippen molar-refractivity contribution < 1.29 is 4.79 Å². The molecule has 0 aromatic rings. The first-order valence-corrected chi connectivity index (χ1v) is 11.8. The van der Waals surface area contributed by atoms with Crippen molar-refractivity contribution in [1.82, 2.24) is 4.90 Å². The van der Waals surface area contributed by atoms with Gasteiger partial charge < -0.3 is 4.90 Å². The Bertz CT molecular complexity index is 536. The smallest absolute Gasteiger partial charge is 0.133 e. The Kier molecular flexibility index (Phi) is 5.91. The summed E-state index contributed by atoms with van der Waals surface area (Å²) in [5.74, 6) is 3.95. The summed E-state index contributed by atoms with van der Waals surface area (Å²) < 4.78 is 0. The second-order valence-electron chi connectivity index (χ2n) is 10.4. The van der Waals surface area contributed by atoms with Gasteiger partial charge in [0.1, 0.15) is 5.78 Å². The topological polar surface area (TPSA) is 20.3 Å². The number of fused-ring (bicyclic) bond motifs is 5. The van der Waals surface area contributed by atoms with Crippen LogP contribution in [0, 0.1) is 40.4 Å². The molecule has 4 fully saturated rings. The third-order valence-electron chi connectivity index (χ3n) is 9.36. The Hall–Kier alpha value is -0.0200. The number of carbonyl (C=O) groups excluding carboxylic acids is 1. The third kappa shape index (κ3) is 2.91. The Morgan fingerprint density at radius 3 is 2.38 bits per heavy atom. The van der Waals surface area contributed by atoms with E-state index in [0.29, 0.717) is 23.0 Å². The fraction of sp³-hybridized carbons (Fsp3) is 0.957. The van der Waals surface area contributed by atoms with Crippen molar-refractivity contribution in [2.45, 2.75) is 78.7 Å². The zero-order chi connectivity index (χ0) is 19.3. The maximum absolute atomic E-state index is 12.4. The molecule has 3 saturated carbocycles. The van der Waals surface area contributed by atoms with E-state index in [1.165, 1.54) is 51.5 Å². The number of thiol groups is 1. The van der Waals surface area contributed by atoms with Gasteiger partial charge in [-0.25, -0.2) is 0 Å². The fourth-order valence-corrected chi connectivity index (χ4v) is 8.61. The van der Waals surface area contributed by atoms with Gasteiger partial charge in [0.15, 0.2) is 0 Å². The molecule has 0 radical (unpaired) electrons. The molecule has 0 bridgehead atoms. The van der Waals surface area contributed by atoms with Crippen LogP contribution in [0.15, 0.2) is 0 Å². The number of carbonyl (C=O) groups is 1. The molecule has 7 unspecified atom stereocenters. The molecule has 26 heavy (non-hydrogen) atoms. The summed E-state index contributed by atoms with van der Waals surface area (Å²) in [7, 11) is 2.36. The van der Waals surface area contributed by atoms with Crippen molar-refractivity contribution in [3.05, 3.63) is 0 Å². The van der Waals surface area contributed by atoms with Crippen LogP contribution in [0.1, 0.15) is 72.6 Å². The van der Waals surface area contributed by atoms with Crippen LogP contribution in [0.2, 0.25) is 0 Å². The van der Waals surface area contributed by atoms with E-state index < -0.39 is 0 Å². The van der Waals surface area contributed by atoms with Gasteiger partial charge in [-0.3, -0.25) is 4.79 Å². The highest BCUT2D eigenvalue weighted by Gasteiger charge is 2.62. The van der Waals surface area contributed by atoms with Crippen molar-refractivity contribution in [1.29, 1.82) is 0 Å². The van der Waals surface area contributed by atoms with Crippen LogP contribution in [0.5, 0.6) is 0 Å². The molecule has 0 N–H and O–H groups in total. The highest BCUT2D eigenvalue weighted by atomic mass is 32.1. The monoisotopic (exact) mass is 379 g/mol. The number of rotatable bonds is 1. The minimum Gasteiger partial charge on any atom is -0.303 e. The second-order valence-corrected chi connectivity index (χ2v) is 10.4. The molecule has 4 rings (SSSR count). The van der Waals surface area contributed by atoms with Gasteiger partial charge in [0.2, 0.25) is 0 Å². The molecule has 0 aromatic carbocycles. The molecular formula is C23H41NOS. The second kappa shape index (κ2) is 7.43. The minimum atomic E-state index is 0.288. The summed E-state index contributed by atoms with van der Waals surface area (Å²) in [6, 6.07) is 0.805. The number of hydrogen-bond donors (Lipinski definition) is 1. The van der Waals surface area contributed by atoms with Crippen LogP contribution in [0.4, 0.5) is 0 Å². The first kappa shape index (κ1) is 20.7. The number of ketones is 1. The van der Waals surface area contributed by atoms with Gasteiger partial charge >= 0.3 is 0 Å². The lowest BCUT2D eigenvalue weighted by molar-refractivity contribution is -0.137. The molecule has 3 aliphatic carbocycles. The predicted molar refractivity (Wildman–Crippen MR) is 114 cm³/mol. The number of nitrogens with zero attached hydrogens (tertiary/aromatic N) is 1. The molecular weight excluding hydrogens is 338 g/mol. The maximum Gasteiger partial charge on any atom is 0.133 e. The molecule has 0 spiro atoms. The number of hydrogen-bond acceptors (Lipinski definition) is 3. The zero-order valence-corrected chi connectivity index (χ0v) is 18.8. The molecule has 2 nitrogen and oxygen atoms in total. The minimum absolute atomic E-state index is 0.288. The van der Waals surface area contributed by atoms with Gasteiger partial charge in [-0.05, 0) is 106 Å². The van der Waals surface area contributed by atoms with Crippen LogP contribution >= 0.6 is 12.6 Å². The Balaban J connectivity index is 0.000000948. The Labute approximate surface area is 167 Å². The molecule has 1 heterocycles. The standard InChI is InChI=1S/C22H37NO.CH4S/c1-14-13-18-16-7-8-19-21(3,10-6-12-23(19)5)17(16)9-11-22(18,4)20(14)15(2)24;1-2/h14,16-20H,6-13H2,1-5H3;2H,1H3/t14-,16?,17?,18?,19?,20?,21?,22?;/m0./s1. The maximum atomic E-state index is 12.4. The van der Waals surface area contributed by atoms with Gasteiger partial charge in [0.05, 0.1) is 0 Å². The lowest BCUT2D eigenvalue weighted by Crippen LogP contribution is -2.60. The summed E-state index contributed by atoms with van der Waals surface area (Å²) in [5, 5.41) is 0. The molecule has 8 atom stereocenters. The highest BCUT2D eigenvalue weighted by Crippen LogP contribution is 2.67. The summed E-state index contributed by atoms with van der Waals surface area (Å²) in [5.41, 5.74) is 0.810. The quantitative estimate of drug-likeness (QED) is 0.622. The van der Waals surface area contributed by atoms with Crippen LogP contribution in [0.25, 0.3) is 0 Å². The highest BCUT2D eigenvalue weighted by molar-refractivity contribution is 7.79. The number of Topliss-reactive ketones (excluding diaryl/α,β-unsaturated/α-hetero) is 1. The Morgan fingerprint density at radius 2 is 1.73 bits per heavy atom. The van der Waals surface area contributed by atoms with Crippen LogP contribution < -0.4 is 0 Å². The van der Waals surface area contributed by atoms with Crippen molar-refractivity contribution in [2.75, 3.05) is 19.8 Å². The first-order valence-electron chi connectivity index (χ1n) is 10.9. The zero-order valence-electron chi connectivity index (χ0n) is 17.9. The van der Waals surface area contributed by atoms with Crippen LogP contribution in [-0.4, -0.2) is 36.6 Å². The SMILES string of the molecule is CC(=O)C1[C@@H](C)CC2C3CCC4N(C)CCCC4(C)C3CCC21C.CS. The lowest BCUT2D eigenvalue weighted by Gasteiger charge is -2.62. The van der Waals surface area contributed by atoms with Crippen LogP contribution in [0.3, 0.4) is 0 Å². The summed E-state index contributed by atoms with van der Waals surface area (Å²) in [6.07, 6.45) is 11.3. The van der Waals surface area contributed by atoms with E-state index in [2.05, 4.69) is 45.3 Å². The average Bonchev–Trinajstić information content (AvgIpc) is 2.87. The average molecular weight is 380 g/mol. The van der Waals surface area contributed by atoms with E-state index in [0.717, 1.165) is 23.8 Å². The predicted octanol–water partition coefficient (Wildman–Crippen LogP) is 5.32. The van der Waals surface area contributed by atoms with E-state index >= 15 is 0 Å².